The topological polar surface area (TPSA) is 97.6 Å². The molecule has 3 aromatic heterocycles. The highest BCUT2D eigenvalue weighted by Gasteiger charge is 2.33. The Kier molecular flexibility index (Phi) is 6.07. The van der Waals surface area contributed by atoms with Gasteiger partial charge in [-0.15, -0.1) is 11.3 Å². The Labute approximate surface area is 208 Å². The van der Waals surface area contributed by atoms with E-state index < -0.39 is 12.0 Å². The summed E-state index contributed by atoms with van der Waals surface area (Å²) in [5.41, 5.74) is 1.82. The van der Waals surface area contributed by atoms with Gasteiger partial charge in [-0.3, -0.25) is 9.36 Å². The van der Waals surface area contributed by atoms with Crippen molar-refractivity contribution in [3.63, 3.8) is 0 Å². The van der Waals surface area contributed by atoms with Crippen molar-refractivity contribution >= 4 is 34.7 Å². The molecule has 1 aliphatic heterocycles. The second kappa shape index (κ2) is 9.33. The molecule has 0 aliphatic carbocycles. The van der Waals surface area contributed by atoms with Crippen molar-refractivity contribution in [3.05, 3.63) is 101 Å². The second-order valence-corrected chi connectivity index (χ2v) is 9.67. The summed E-state index contributed by atoms with van der Waals surface area (Å²) in [4.78, 5) is 32.3. The number of rotatable bonds is 5. The number of furan rings is 1. The number of aromatic nitrogens is 1. The predicted octanol–water partition coefficient (Wildman–Crippen LogP) is 3.99. The maximum absolute atomic E-state index is 13.6. The molecule has 0 fully saturated rings. The number of fused-ring (bicyclic) bond motifs is 1. The summed E-state index contributed by atoms with van der Waals surface area (Å²) in [5, 5.41) is 11.3. The Balaban J connectivity index is 1.63. The minimum Gasteiger partial charge on any atom is -0.463 e. The summed E-state index contributed by atoms with van der Waals surface area (Å²) in [6.45, 7) is 3.73. The number of carbonyl (C=O) groups excluding carboxylic acids is 1. The minimum absolute atomic E-state index is 0.229. The molecule has 174 valence electrons. The molecule has 0 bridgehead atoms. The molecule has 5 rings (SSSR count). The van der Waals surface area contributed by atoms with Crippen LogP contribution in [0, 0.1) is 11.3 Å². The first-order chi connectivity index (χ1) is 17.0. The van der Waals surface area contributed by atoms with Crippen LogP contribution in [0.5, 0.6) is 0 Å². The number of thiophene rings is 1. The Morgan fingerprint density at radius 3 is 2.83 bits per heavy atom. The lowest BCUT2D eigenvalue weighted by Gasteiger charge is -2.23. The van der Waals surface area contributed by atoms with E-state index in [1.807, 2.05) is 29.6 Å². The molecular formula is C26H19N3O4S2. The van der Waals surface area contributed by atoms with Gasteiger partial charge in [0.15, 0.2) is 4.80 Å². The Bertz CT molecular complexity index is 1680. The van der Waals surface area contributed by atoms with Crippen molar-refractivity contribution in [3.8, 4) is 17.4 Å². The minimum atomic E-state index is -0.609. The van der Waals surface area contributed by atoms with Gasteiger partial charge in [0.05, 0.1) is 34.0 Å². The molecule has 1 aromatic carbocycles. The van der Waals surface area contributed by atoms with Crippen molar-refractivity contribution in [2.24, 2.45) is 4.99 Å². The third kappa shape index (κ3) is 4.07. The van der Waals surface area contributed by atoms with E-state index in [0.29, 0.717) is 43.3 Å². The van der Waals surface area contributed by atoms with Gasteiger partial charge in [0.25, 0.3) is 5.56 Å². The van der Waals surface area contributed by atoms with Crippen LogP contribution in [0.1, 0.15) is 36.1 Å². The second-order valence-electron chi connectivity index (χ2n) is 7.68. The molecule has 1 atom stereocenters. The average molecular weight is 502 g/mol. The first-order valence-electron chi connectivity index (χ1n) is 10.8. The van der Waals surface area contributed by atoms with Crippen LogP contribution in [0.15, 0.2) is 79.4 Å². The smallest absolute Gasteiger partial charge is 0.338 e. The first kappa shape index (κ1) is 22.8. The Morgan fingerprint density at radius 1 is 1.26 bits per heavy atom. The molecule has 0 N–H and O–H groups in total. The van der Waals surface area contributed by atoms with Crippen molar-refractivity contribution in [2.45, 2.75) is 19.9 Å². The van der Waals surface area contributed by atoms with E-state index in [2.05, 4.69) is 11.1 Å². The standard InChI is InChI=1S/C26H19N3O4S2/c1-3-32-25(31)22-15(2)28-26-29(23(22)20-9-6-12-34-20)24(30)21(35-26)13-17-10-11-19(33-17)18-8-5-4-7-16(18)14-27/h4-13,23H,3H2,1-2H3/b21-13+/t23-/m0/s1. The summed E-state index contributed by atoms with van der Waals surface area (Å²) in [5.74, 6) is 0.540. The van der Waals surface area contributed by atoms with Crippen molar-refractivity contribution in [2.75, 3.05) is 6.61 Å². The number of nitriles is 1. The molecule has 35 heavy (non-hydrogen) atoms. The van der Waals surface area contributed by atoms with E-state index in [1.165, 1.54) is 22.7 Å². The molecule has 9 heteroatoms. The fourth-order valence-electron chi connectivity index (χ4n) is 4.01. The quantitative estimate of drug-likeness (QED) is 0.385. The number of allylic oxidation sites excluding steroid dienone is 1. The zero-order chi connectivity index (χ0) is 24.5. The molecule has 0 saturated heterocycles. The van der Waals surface area contributed by atoms with E-state index in [0.717, 1.165) is 4.88 Å². The number of esters is 1. The SMILES string of the molecule is CCOC(=O)C1=C(C)N=c2s/c(=C/c3ccc(-c4ccccc4C#N)o3)c(=O)n2[C@H]1c1cccs1. The third-order valence-electron chi connectivity index (χ3n) is 5.54. The van der Waals surface area contributed by atoms with Gasteiger partial charge in [0, 0.05) is 16.5 Å². The van der Waals surface area contributed by atoms with Crippen LogP contribution in [-0.4, -0.2) is 17.1 Å². The average Bonchev–Trinajstić information content (AvgIpc) is 3.60. The third-order valence-corrected chi connectivity index (χ3v) is 7.45. The molecule has 4 heterocycles. The maximum Gasteiger partial charge on any atom is 0.338 e. The van der Waals surface area contributed by atoms with Gasteiger partial charge in [-0.2, -0.15) is 5.26 Å². The Hall–Kier alpha value is -4.00. The van der Waals surface area contributed by atoms with E-state index in [-0.39, 0.29) is 12.2 Å². The van der Waals surface area contributed by atoms with Gasteiger partial charge in [-0.05, 0) is 49.6 Å². The molecule has 0 saturated carbocycles. The summed E-state index contributed by atoms with van der Waals surface area (Å²) in [6, 6.07) is 16.0. The first-order valence-corrected chi connectivity index (χ1v) is 12.5. The number of nitrogens with zero attached hydrogens (tertiary/aromatic N) is 3. The van der Waals surface area contributed by atoms with Crippen LogP contribution in [-0.2, 0) is 9.53 Å². The lowest BCUT2D eigenvalue weighted by Crippen LogP contribution is -2.39. The molecular weight excluding hydrogens is 482 g/mol. The molecule has 7 nitrogen and oxygen atoms in total. The van der Waals surface area contributed by atoms with Gasteiger partial charge in [0.1, 0.15) is 17.6 Å². The normalized spacial score (nSPS) is 15.5. The summed E-state index contributed by atoms with van der Waals surface area (Å²) >= 11 is 2.70. The summed E-state index contributed by atoms with van der Waals surface area (Å²) in [6.07, 6.45) is 1.66. The van der Waals surface area contributed by atoms with Crippen LogP contribution in [0.3, 0.4) is 0 Å². The number of thiazole rings is 1. The summed E-state index contributed by atoms with van der Waals surface area (Å²) < 4.78 is 13.2. The van der Waals surface area contributed by atoms with E-state index in [9.17, 15) is 14.9 Å². The van der Waals surface area contributed by atoms with Crippen molar-refractivity contribution in [1.29, 1.82) is 5.26 Å². The van der Waals surface area contributed by atoms with Crippen LogP contribution < -0.4 is 14.9 Å². The largest absolute Gasteiger partial charge is 0.463 e. The van der Waals surface area contributed by atoms with Crippen LogP contribution in [0.25, 0.3) is 17.4 Å². The molecule has 0 amide bonds. The molecule has 1 aliphatic rings. The monoisotopic (exact) mass is 501 g/mol. The molecule has 0 unspecified atom stereocenters. The molecule has 0 spiro atoms. The highest BCUT2D eigenvalue weighted by molar-refractivity contribution is 7.10. The van der Waals surface area contributed by atoms with Crippen LogP contribution in [0.4, 0.5) is 0 Å². The number of hydrogen-bond acceptors (Lipinski definition) is 8. The van der Waals surface area contributed by atoms with Crippen LogP contribution in [0.2, 0.25) is 0 Å². The highest BCUT2D eigenvalue weighted by atomic mass is 32.1. The lowest BCUT2D eigenvalue weighted by atomic mass is 10.0. The zero-order valence-electron chi connectivity index (χ0n) is 18.8. The van der Waals surface area contributed by atoms with Crippen molar-refractivity contribution in [1.82, 2.24) is 4.57 Å². The predicted molar refractivity (Wildman–Crippen MR) is 134 cm³/mol. The fourth-order valence-corrected chi connectivity index (χ4v) is 5.86. The maximum atomic E-state index is 13.6. The highest BCUT2D eigenvalue weighted by Crippen LogP contribution is 2.33. The van der Waals surface area contributed by atoms with Gasteiger partial charge in [-0.25, -0.2) is 9.79 Å². The van der Waals surface area contributed by atoms with Crippen molar-refractivity contribution < 1.29 is 13.9 Å². The lowest BCUT2D eigenvalue weighted by molar-refractivity contribution is -0.139. The van der Waals surface area contributed by atoms with E-state index >= 15 is 0 Å². The molecule has 4 aromatic rings. The summed E-state index contributed by atoms with van der Waals surface area (Å²) in [7, 11) is 0. The van der Waals surface area contributed by atoms with Gasteiger partial charge in [-0.1, -0.05) is 29.5 Å². The molecule has 0 radical (unpaired) electrons. The van der Waals surface area contributed by atoms with Gasteiger partial charge < -0.3 is 9.15 Å². The number of benzene rings is 1. The van der Waals surface area contributed by atoms with E-state index in [1.54, 1.807) is 48.8 Å². The van der Waals surface area contributed by atoms with Gasteiger partial charge >= 0.3 is 5.97 Å². The number of carbonyl (C=O) groups is 1. The number of ether oxygens (including phenoxy) is 1. The van der Waals surface area contributed by atoms with Gasteiger partial charge in [0.2, 0.25) is 0 Å². The number of hydrogen-bond donors (Lipinski definition) is 0. The van der Waals surface area contributed by atoms with E-state index in [4.69, 9.17) is 9.15 Å². The Morgan fingerprint density at radius 2 is 2.09 bits per heavy atom. The van der Waals surface area contributed by atoms with Crippen LogP contribution >= 0.6 is 22.7 Å². The zero-order valence-corrected chi connectivity index (χ0v) is 20.5. The fraction of sp³-hybridized carbons (Fsp3) is 0.154.